The summed E-state index contributed by atoms with van der Waals surface area (Å²) in [6, 6.07) is 6.97. The van der Waals surface area contributed by atoms with Gasteiger partial charge in [0.1, 0.15) is 0 Å². The van der Waals surface area contributed by atoms with Crippen molar-refractivity contribution in [2.24, 2.45) is 0 Å². The third kappa shape index (κ3) is 3.57. The first-order valence-electron chi connectivity index (χ1n) is 6.87. The van der Waals surface area contributed by atoms with E-state index < -0.39 is 11.5 Å². The van der Waals surface area contributed by atoms with Gasteiger partial charge in [0.25, 0.3) is 0 Å². The van der Waals surface area contributed by atoms with E-state index in [1.54, 1.807) is 24.3 Å². The van der Waals surface area contributed by atoms with E-state index in [9.17, 15) is 9.59 Å². The Balaban J connectivity index is 2.05. The van der Waals surface area contributed by atoms with Gasteiger partial charge in [-0.2, -0.15) is 0 Å². The zero-order chi connectivity index (χ0) is 14.6. The highest BCUT2D eigenvalue weighted by Crippen LogP contribution is 2.21. The summed E-state index contributed by atoms with van der Waals surface area (Å²) in [6.07, 6.45) is 2.90. The zero-order valence-corrected chi connectivity index (χ0v) is 11.6. The highest BCUT2D eigenvalue weighted by Gasteiger charge is 2.34. The molecule has 0 aliphatic carbocycles. The number of hydrogen-bond acceptors (Lipinski definition) is 3. The van der Waals surface area contributed by atoms with Crippen molar-refractivity contribution < 1.29 is 14.7 Å². The predicted molar refractivity (Wildman–Crippen MR) is 76.7 cm³/mol. The number of carbonyl (C=O) groups is 2. The Kier molecular flexibility index (Phi) is 4.39. The Morgan fingerprint density at radius 3 is 2.85 bits per heavy atom. The van der Waals surface area contributed by atoms with Crippen molar-refractivity contribution >= 4 is 17.6 Å². The first-order chi connectivity index (χ1) is 9.49. The fraction of sp³-hybridized carbons (Fsp3) is 0.467. The first-order valence-corrected chi connectivity index (χ1v) is 6.87. The van der Waals surface area contributed by atoms with Crippen LogP contribution >= 0.6 is 0 Å². The molecule has 20 heavy (non-hydrogen) atoms. The quantitative estimate of drug-likeness (QED) is 0.783. The number of carboxylic acids is 1. The third-order valence-corrected chi connectivity index (χ3v) is 3.66. The lowest BCUT2D eigenvalue weighted by Gasteiger charge is -2.33. The monoisotopic (exact) mass is 276 g/mol. The van der Waals surface area contributed by atoms with Gasteiger partial charge in [-0.25, -0.2) is 0 Å². The molecular formula is C15H20N2O3. The van der Waals surface area contributed by atoms with Crippen molar-refractivity contribution in [1.29, 1.82) is 0 Å². The predicted octanol–water partition coefficient (Wildman–Crippen LogP) is 1.78. The van der Waals surface area contributed by atoms with Crippen LogP contribution in [0.15, 0.2) is 24.3 Å². The molecule has 1 heterocycles. The zero-order valence-electron chi connectivity index (χ0n) is 11.6. The maximum Gasteiger partial charge on any atom is 0.307 e. The van der Waals surface area contributed by atoms with Crippen LogP contribution in [0.3, 0.4) is 0 Å². The van der Waals surface area contributed by atoms with Gasteiger partial charge in [0.2, 0.25) is 5.91 Å². The van der Waals surface area contributed by atoms with Crippen molar-refractivity contribution in [2.45, 2.75) is 38.1 Å². The molecule has 108 valence electrons. The number of rotatable bonds is 4. The number of nitrogens with one attached hydrogen (secondary N) is 2. The number of amides is 1. The molecule has 1 saturated heterocycles. The molecule has 3 N–H and O–H groups in total. The molecule has 1 aliphatic rings. The van der Waals surface area contributed by atoms with Crippen molar-refractivity contribution in [2.75, 3.05) is 11.9 Å². The molecule has 5 nitrogen and oxygen atoms in total. The Hall–Kier alpha value is -1.88. The second-order valence-electron chi connectivity index (χ2n) is 5.44. The van der Waals surface area contributed by atoms with E-state index in [2.05, 4.69) is 10.6 Å². The van der Waals surface area contributed by atoms with E-state index in [0.29, 0.717) is 11.3 Å². The number of anilines is 1. The average molecular weight is 276 g/mol. The maximum atomic E-state index is 12.3. The SMILES string of the molecule is CC1(C(=O)Nc2cccc(CC(=O)O)c2)CCCCN1. The average Bonchev–Trinajstić information content (AvgIpc) is 2.39. The molecule has 0 bridgehead atoms. The van der Waals surface area contributed by atoms with Crippen LogP contribution in [0.1, 0.15) is 31.7 Å². The van der Waals surface area contributed by atoms with Gasteiger partial charge in [0.05, 0.1) is 12.0 Å². The molecule has 1 fully saturated rings. The molecule has 0 radical (unpaired) electrons. The van der Waals surface area contributed by atoms with E-state index in [1.165, 1.54) is 0 Å². The van der Waals surface area contributed by atoms with Crippen molar-refractivity contribution in [3.63, 3.8) is 0 Å². The molecule has 5 heteroatoms. The third-order valence-electron chi connectivity index (χ3n) is 3.66. The van der Waals surface area contributed by atoms with Gasteiger partial charge in [-0.05, 0) is 50.4 Å². The minimum absolute atomic E-state index is 0.0424. The van der Waals surface area contributed by atoms with Gasteiger partial charge in [-0.1, -0.05) is 12.1 Å². The second kappa shape index (κ2) is 6.05. The summed E-state index contributed by atoms with van der Waals surface area (Å²) in [6.45, 7) is 2.76. The molecule has 1 amide bonds. The van der Waals surface area contributed by atoms with Gasteiger partial charge in [0, 0.05) is 5.69 Å². The van der Waals surface area contributed by atoms with Crippen LogP contribution in [0.4, 0.5) is 5.69 Å². The van der Waals surface area contributed by atoms with Crippen LogP contribution in [0.2, 0.25) is 0 Å². The van der Waals surface area contributed by atoms with Crippen LogP contribution in [-0.2, 0) is 16.0 Å². The van der Waals surface area contributed by atoms with Crippen molar-refractivity contribution in [3.05, 3.63) is 29.8 Å². The van der Waals surface area contributed by atoms with E-state index in [4.69, 9.17) is 5.11 Å². The van der Waals surface area contributed by atoms with Gasteiger partial charge < -0.3 is 15.7 Å². The van der Waals surface area contributed by atoms with Crippen LogP contribution in [-0.4, -0.2) is 29.1 Å². The summed E-state index contributed by atoms with van der Waals surface area (Å²) < 4.78 is 0. The summed E-state index contributed by atoms with van der Waals surface area (Å²) in [4.78, 5) is 23.0. The van der Waals surface area contributed by atoms with E-state index in [0.717, 1.165) is 25.8 Å². The number of aliphatic carboxylic acids is 1. The Labute approximate surface area is 118 Å². The van der Waals surface area contributed by atoms with E-state index >= 15 is 0 Å². The molecule has 0 spiro atoms. The summed E-state index contributed by atoms with van der Waals surface area (Å²) in [7, 11) is 0. The number of carboxylic acid groups (broad SMARTS) is 1. The lowest BCUT2D eigenvalue weighted by atomic mass is 9.90. The van der Waals surface area contributed by atoms with Gasteiger partial charge in [0.15, 0.2) is 0 Å². The molecule has 0 saturated carbocycles. The number of benzene rings is 1. The smallest absolute Gasteiger partial charge is 0.307 e. The summed E-state index contributed by atoms with van der Waals surface area (Å²) >= 11 is 0. The van der Waals surface area contributed by atoms with Crippen LogP contribution < -0.4 is 10.6 Å². The molecule has 1 unspecified atom stereocenters. The molecule has 1 aliphatic heterocycles. The number of hydrogen-bond donors (Lipinski definition) is 3. The molecule has 1 aromatic rings. The highest BCUT2D eigenvalue weighted by molar-refractivity contribution is 5.98. The molecule has 2 rings (SSSR count). The van der Waals surface area contributed by atoms with Crippen LogP contribution in [0, 0.1) is 0 Å². The molecular weight excluding hydrogens is 256 g/mol. The Morgan fingerprint density at radius 2 is 2.20 bits per heavy atom. The molecule has 1 atom stereocenters. The number of carbonyl (C=O) groups excluding carboxylic acids is 1. The fourth-order valence-corrected chi connectivity index (χ4v) is 2.45. The minimum Gasteiger partial charge on any atom is -0.481 e. The lowest BCUT2D eigenvalue weighted by molar-refractivity contribution is -0.136. The maximum absolute atomic E-state index is 12.3. The highest BCUT2D eigenvalue weighted by atomic mass is 16.4. The number of piperidine rings is 1. The Bertz CT molecular complexity index is 508. The largest absolute Gasteiger partial charge is 0.481 e. The minimum atomic E-state index is -0.880. The van der Waals surface area contributed by atoms with Gasteiger partial charge >= 0.3 is 5.97 Å². The lowest BCUT2D eigenvalue weighted by Crippen LogP contribution is -2.54. The van der Waals surface area contributed by atoms with Crippen LogP contribution in [0.25, 0.3) is 0 Å². The summed E-state index contributed by atoms with van der Waals surface area (Å²) in [5.41, 5.74) is 0.778. The van der Waals surface area contributed by atoms with E-state index in [-0.39, 0.29) is 12.3 Å². The topological polar surface area (TPSA) is 78.4 Å². The van der Waals surface area contributed by atoms with Gasteiger partial charge in [-0.15, -0.1) is 0 Å². The van der Waals surface area contributed by atoms with Gasteiger partial charge in [-0.3, -0.25) is 9.59 Å². The standard InChI is InChI=1S/C15H20N2O3/c1-15(7-2-3-8-16-15)14(20)17-12-6-4-5-11(9-12)10-13(18)19/h4-6,9,16H,2-3,7-8,10H2,1H3,(H,17,20)(H,18,19). The molecule has 0 aromatic heterocycles. The van der Waals surface area contributed by atoms with Crippen molar-refractivity contribution in [3.8, 4) is 0 Å². The fourth-order valence-electron chi connectivity index (χ4n) is 2.45. The van der Waals surface area contributed by atoms with E-state index in [1.807, 2.05) is 6.92 Å². The Morgan fingerprint density at radius 1 is 1.40 bits per heavy atom. The second-order valence-corrected chi connectivity index (χ2v) is 5.44. The normalized spacial score (nSPS) is 22.2. The summed E-state index contributed by atoms with van der Waals surface area (Å²) in [5.74, 6) is -0.945. The van der Waals surface area contributed by atoms with Crippen molar-refractivity contribution in [1.82, 2.24) is 5.32 Å². The molecule has 1 aromatic carbocycles. The van der Waals surface area contributed by atoms with Crippen LogP contribution in [0.5, 0.6) is 0 Å². The first kappa shape index (κ1) is 14.5. The summed E-state index contributed by atoms with van der Waals surface area (Å²) in [5, 5.41) is 14.9.